The van der Waals surface area contributed by atoms with Crippen LogP contribution in [0.5, 0.6) is 0 Å². The van der Waals surface area contributed by atoms with Crippen molar-refractivity contribution in [2.45, 2.75) is 44.9 Å². The highest BCUT2D eigenvalue weighted by Gasteiger charge is 2.25. The largest absolute Gasteiger partial charge is 0.326 e. The Hall–Kier alpha value is -2.39. The number of carbonyl (C=O) groups excluding carboxylic acids is 1. The number of anilines is 1. The molecule has 144 valence electrons. The summed E-state index contributed by atoms with van der Waals surface area (Å²) >= 11 is 5.90. The topological polar surface area (TPSA) is 42.0 Å². The van der Waals surface area contributed by atoms with E-state index in [0.717, 1.165) is 36.9 Å². The Labute approximate surface area is 171 Å². The first-order valence-corrected chi connectivity index (χ1v) is 10.4. The number of pyridine rings is 1. The molecule has 0 unspecified atom stereocenters. The van der Waals surface area contributed by atoms with Crippen LogP contribution < -0.4 is 5.32 Å². The van der Waals surface area contributed by atoms with Gasteiger partial charge in [-0.3, -0.25) is 9.78 Å². The fraction of sp³-hybridized carbons (Fsp3) is 0.333. The molecule has 1 aliphatic rings. The van der Waals surface area contributed by atoms with E-state index in [1.807, 2.05) is 18.3 Å². The molecule has 1 aromatic heterocycles. The van der Waals surface area contributed by atoms with E-state index in [-0.39, 0.29) is 5.91 Å². The van der Waals surface area contributed by atoms with Gasteiger partial charge in [0.2, 0.25) is 5.91 Å². The minimum Gasteiger partial charge on any atom is -0.326 e. The quantitative estimate of drug-likeness (QED) is 0.550. The summed E-state index contributed by atoms with van der Waals surface area (Å²) in [6, 6.07) is 15.9. The van der Waals surface area contributed by atoms with Gasteiger partial charge >= 0.3 is 0 Å². The highest BCUT2D eigenvalue weighted by Crippen LogP contribution is 2.39. The molecular formula is C24H25ClN2O. The molecule has 0 bridgehead atoms. The fourth-order valence-electron chi connectivity index (χ4n) is 4.39. The SMILES string of the molecule is Cc1cccc2c(C3CCC(CC(=O)Nc4ccc(Cl)cc4)CC3)ccnc12. The van der Waals surface area contributed by atoms with Gasteiger partial charge in [0, 0.05) is 28.7 Å². The van der Waals surface area contributed by atoms with E-state index in [1.54, 1.807) is 12.1 Å². The molecule has 4 rings (SSSR count). The molecule has 1 heterocycles. The van der Waals surface area contributed by atoms with E-state index >= 15 is 0 Å². The number of hydrogen-bond acceptors (Lipinski definition) is 2. The highest BCUT2D eigenvalue weighted by molar-refractivity contribution is 6.30. The Morgan fingerprint density at radius 3 is 2.57 bits per heavy atom. The smallest absolute Gasteiger partial charge is 0.224 e. The summed E-state index contributed by atoms with van der Waals surface area (Å²) < 4.78 is 0. The number of aryl methyl sites for hydroxylation is 1. The minimum absolute atomic E-state index is 0.0933. The molecule has 0 atom stereocenters. The molecule has 2 aromatic carbocycles. The van der Waals surface area contributed by atoms with Gasteiger partial charge in [-0.15, -0.1) is 0 Å². The maximum atomic E-state index is 12.4. The van der Waals surface area contributed by atoms with Crippen molar-refractivity contribution < 1.29 is 4.79 Å². The van der Waals surface area contributed by atoms with Crippen LogP contribution in [0, 0.1) is 12.8 Å². The summed E-state index contributed by atoms with van der Waals surface area (Å²) in [6.07, 6.45) is 6.97. The first kappa shape index (κ1) is 18.9. The van der Waals surface area contributed by atoms with Crippen molar-refractivity contribution in [3.63, 3.8) is 0 Å². The third-order valence-electron chi connectivity index (χ3n) is 5.90. The summed E-state index contributed by atoms with van der Waals surface area (Å²) in [6.45, 7) is 2.12. The van der Waals surface area contributed by atoms with Crippen LogP contribution in [0.2, 0.25) is 5.02 Å². The molecule has 1 N–H and O–H groups in total. The Kier molecular flexibility index (Phi) is 5.63. The van der Waals surface area contributed by atoms with Gasteiger partial charge in [0.25, 0.3) is 0 Å². The Morgan fingerprint density at radius 1 is 1.07 bits per heavy atom. The standard InChI is InChI=1S/C24H25ClN2O/c1-16-3-2-4-22-21(13-14-26-24(16)22)18-7-5-17(6-8-18)15-23(28)27-20-11-9-19(25)10-12-20/h2-4,9-14,17-18H,5-8,15H2,1H3,(H,27,28). The second kappa shape index (κ2) is 8.32. The van der Waals surface area contributed by atoms with Crippen molar-refractivity contribution in [2.75, 3.05) is 5.32 Å². The van der Waals surface area contributed by atoms with E-state index in [4.69, 9.17) is 11.6 Å². The number of amides is 1. The number of halogens is 1. The molecule has 0 aliphatic heterocycles. The zero-order chi connectivity index (χ0) is 19.5. The third-order valence-corrected chi connectivity index (χ3v) is 6.15. The van der Waals surface area contributed by atoms with Crippen molar-refractivity contribution in [2.24, 2.45) is 5.92 Å². The van der Waals surface area contributed by atoms with Crippen LogP contribution in [0.1, 0.15) is 49.1 Å². The summed E-state index contributed by atoms with van der Waals surface area (Å²) in [5.74, 6) is 1.11. The second-order valence-corrected chi connectivity index (χ2v) is 8.28. The van der Waals surface area contributed by atoms with Crippen LogP contribution in [0.25, 0.3) is 10.9 Å². The zero-order valence-electron chi connectivity index (χ0n) is 16.1. The van der Waals surface area contributed by atoms with Crippen LogP contribution in [-0.2, 0) is 4.79 Å². The van der Waals surface area contributed by atoms with Gasteiger partial charge in [-0.25, -0.2) is 0 Å². The zero-order valence-corrected chi connectivity index (χ0v) is 16.9. The van der Waals surface area contributed by atoms with Gasteiger partial charge in [0.1, 0.15) is 0 Å². The average molecular weight is 393 g/mol. The number of fused-ring (bicyclic) bond motifs is 1. The Morgan fingerprint density at radius 2 is 1.82 bits per heavy atom. The van der Waals surface area contributed by atoms with E-state index in [2.05, 4.69) is 41.5 Å². The first-order chi connectivity index (χ1) is 13.6. The fourth-order valence-corrected chi connectivity index (χ4v) is 4.51. The predicted molar refractivity (Wildman–Crippen MR) is 116 cm³/mol. The lowest BCUT2D eigenvalue weighted by Crippen LogP contribution is -2.20. The number of aromatic nitrogens is 1. The predicted octanol–water partition coefficient (Wildman–Crippen LogP) is 6.50. The minimum atomic E-state index is 0.0933. The van der Waals surface area contributed by atoms with E-state index in [1.165, 1.54) is 16.5 Å². The number of nitrogens with one attached hydrogen (secondary N) is 1. The van der Waals surface area contributed by atoms with Crippen molar-refractivity contribution in [3.8, 4) is 0 Å². The van der Waals surface area contributed by atoms with Crippen molar-refractivity contribution in [1.29, 1.82) is 0 Å². The average Bonchev–Trinajstić information content (AvgIpc) is 2.70. The summed E-state index contributed by atoms with van der Waals surface area (Å²) in [4.78, 5) is 17.0. The van der Waals surface area contributed by atoms with E-state index < -0.39 is 0 Å². The molecule has 1 fully saturated rings. The second-order valence-electron chi connectivity index (χ2n) is 7.85. The molecule has 4 heteroatoms. The molecule has 1 saturated carbocycles. The molecule has 3 aromatic rings. The van der Waals surface area contributed by atoms with Crippen LogP contribution in [-0.4, -0.2) is 10.9 Å². The highest BCUT2D eigenvalue weighted by atomic mass is 35.5. The number of hydrogen-bond donors (Lipinski definition) is 1. The van der Waals surface area contributed by atoms with E-state index in [9.17, 15) is 4.79 Å². The third kappa shape index (κ3) is 4.20. The van der Waals surface area contributed by atoms with Crippen LogP contribution in [0.4, 0.5) is 5.69 Å². The molecular weight excluding hydrogens is 368 g/mol. The molecule has 0 saturated heterocycles. The van der Waals surface area contributed by atoms with Crippen molar-refractivity contribution in [1.82, 2.24) is 4.98 Å². The monoisotopic (exact) mass is 392 g/mol. The summed E-state index contributed by atoms with van der Waals surface area (Å²) in [5, 5.41) is 4.94. The molecule has 1 amide bonds. The lowest BCUT2D eigenvalue weighted by molar-refractivity contribution is -0.117. The number of carbonyl (C=O) groups is 1. The van der Waals surface area contributed by atoms with Crippen LogP contribution in [0.15, 0.2) is 54.7 Å². The number of benzene rings is 2. The maximum absolute atomic E-state index is 12.4. The maximum Gasteiger partial charge on any atom is 0.224 e. The molecule has 1 aliphatic carbocycles. The van der Waals surface area contributed by atoms with Crippen LogP contribution >= 0.6 is 11.6 Å². The normalized spacial score (nSPS) is 19.5. The van der Waals surface area contributed by atoms with Gasteiger partial charge in [0.05, 0.1) is 5.52 Å². The number of nitrogens with zero attached hydrogens (tertiary/aromatic N) is 1. The van der Waals surface area contributed by atoms with Gasteiger partial charge in [-0.1, -0.05) is 29.8 Å². The number of para-hydroxylation sites is 1. The first-order valence-electron chi connectivity index (χ1n) is 10.00. The summed E-state index contributed by atoms with van der Waals surface area (Å²) in [5.41, 5.74) is 4.57. The lowest BCUT2D eigenvalue weighted by Gasteiger charge is -2.29. The number of rotatable bonds is 4. The lowest BCUT2D eigenvalue weighted by atomic mass is 9.76. The van der Waals surface area contributed by atoms with Crippen molar-refractivity contribution in [3.05, 3.63) is 70.9 Å². The molecule has 0 radical (unpaired) electrons. The Balaban J connectivity index is 1.37. The summed E-state index contributed by atoms with van der Waals surface area (Å²) in [7, 11) is 0. The molecule has 0 spiro atoms. The van der Waals surface area contributed by atoms with Gasteiger partial charge in [-0.2, -0.15) is 0 Å². The van der Waals surface area contributed by atoms with Crippen LogP contribution in [0.3, 0.4) is 0 Å². The van der Waals surface area contributed by atoms with Gasteiger partial charge in [-0.05, 0) is 85.9 Å². The van der Waals surface area contributed by atoms with E-state index in [0.29, 0.717) is 23.3 Å². The molecule has 3 nitrogen and oxygen atoms in total. The Bertz CT molecular complexity index is 976. The van der Waals surface area contributed by atoms with Gasteiger partial charge < -0.3 is 5.32 Å². The molecule has 28 heavy (non-hydrogen) atoms. The van der Waals surface area contributed by atoms with Crippen molar-refractivity contribution >= 4 is 34.1 Å². The van der Waals surface area contributed by atoms with Gasteiger partial charge in [0.15, 0.2) is 0 Å².